The van der Waals surface area contributed by atoms with E-state index in [4.69, 9.17) is 0 Å². The van der Waals surface area contributed by atoms with E-state index in [1.54, 1.807) is 19.9 Å². The lowest BCUT2D eigenvalue weighted by Gasteiger charge is -2.20. The first-order chi connectivity index (χ1) is 13.7. The van der Waals surface area contributed by atoms with E-state index in [1.807, 2.05) is 0 Å². The first kappa shape index (κ1) is 21.9. The second-order valence-corrected chi connectivity index (χ2v) is 7.66. The van der Waals surface area contributed by atoms with Crippen LogP contribution in [0, 0.1) is 20.2 Å². The Morgan fingerprint density at radius 3 is 2.24 bits per heavy atom. The van der Waals surface area contributed by atoms with Crippen LogP contribution in [0.15, 0.2) is 52.5 Å². The molecule has 0 unspecified atom stereocenters. The summed E-state index contributed by atoms with van der Waals surface area (Å²) < 4.78 is 26.9. The first-order valence-electron chi connectivity index (χ1n) is 8.52. The quantitative estimate of drug-likeness (QED) is 0.372. The SMILES string of the molecule is CCN(CC)S(=O)(=O)c1cc([N+](=O)[O-])ccc1N/N=C/c1cccc([N+](=O)[O-])c1. The zero-order valence-corrected chi connectivity index (χ0v) is 16.5. The highest BCUT2D eigenvalue weighted by Gasteiger charge is 2.27. The molecule has 0 bridgehead atoms. The Balaban J connectivity index is 2.41. The molecule has 11 nitrogen and oxygen atoms in total. The normalized spacial score (nSPS) is 11.7. The summed E-state index contributed by atoms with van der Waals surface area (Å²) in [7, 11) is -4.00. The molecule has 0 fully saturated rings. The number of hydrogen-bond acceptors (Lipinski definition) is 8. The Morgan fingerprint density at radius 1 is 1.03 bits per heavy atom. The summed E-state index contributed by atoms with van der Waals surface area (Å²) in [4.78, 5) is 20.4. The van der Waals surface area contributed by atoms with E-state index in [0.717, 1.165) is 12.1 Å². The van der Waals surface area contributed by atoms with E-state index in [2.05, 4.69) is 10.5 Å². The summed E-state index contributed by atoms with van der Waals surface area (Å²) in [5.41, 5.74) is 2.53. The highest BCUT2D eigenvalue weighted by Crippen LogP contribution is 2.29. The van der Waals surface area contributed by atoms with Gasteiger partial charge in [-0.25, -0.2) is 8.42 Å². The molecule has 2 aromatic carbocycles. The van der Waals surface area contributed by atoms with Gasteiger partial charge in [0, 0.05) is 42.9 Å². The van der Waals surface area contributed by atoms with Gasteiger partial charge in [0.05, 0.1) is 21.7 Å². The molecule has 29 heavy (non-hydrogen) atoms. The number of rotatable bonds is 9. The summed E-state index contributed by atoms with van der Waals surface area (Å²) in [6.07, 6.45) is 1.28. The fourth-order valence-electron chi connectivity index (χ4n) is 2.53. The molecule has 0 radical (unpaired) electrons. The van der Waals surface area contributed by atoms with Crippen molar-refractivity contribution >= 4 is 33.3 Å². The smallest absolute Gasteiger partial charge is 0.270 e. The third-order valence-electron chi connectivity index (χ3n) is 3.98. The maximum atomic E-state index is 12.9. The van der Waals surface area contributed by atoms with Gasteiger partial charge in [-0.15, -0.1) is 0 Å². The monoisotopic (exact) mass is 421 g/mol. The van der Waals surface area contributed by atoms with E-state index >= 15 is 0 Å². The zero-order chi connectivity index (χ0) is 21.6. The average Bonchev–Trinajstić information content (AvgIpc) is 2.68. The lowest BCUT2D eigenvalue weighted by Crippen LogP contribution is -2.31. The van der Waals surface area contributed by atoms with Crippen molar-refractivity contribution in [2.45, 2.75) is 18.7 Å². The number of benzene rings is 2. The Kier molecular flexibility index (Phi) is 6.96. The fourth-order valence-corrected chi connectivity index (χ4v) is 4.15. The number of nitrogens with one attached hydrogen (secondary N) is 1. The second kappa shape index (κ2) is 9.21. The number of anilines is 1. The summed E-state index contributed by atoms with van der Waals surface area (Å²) in [6.45, 7) is 3.70. The summed E-state index contributed by atoms with van der Waals surface area (Å²) in [5, 5.41) is 25.8. The summed E-state index contributed by atoms with van der Waals surface area (Å²) in [5.74, 6) is 0. The van der Waals surface area contributed by atoms with Gasteiger partial charge in [-0.3, -0.25) is 25.7 Å². The standard InChI is InChI=1S/C17H19N5O6S/c1-3-20(4-2)29(27,28)17-11-15(22(25)26)8-9-16(17)19-18-12-13-6-5-7-14(10-13)21(23)24/h5-12,19H,3-4H2,1-2H3/b18-12+. The van der Waals surface area contributed by atoms with Crippen molar-refractivity contribution in [1.82, 2.24) is 4.31 Å². The molecule has 2 aromatic rings. The van der Waals surface area contributed by atoms with Crippen molar-refractivity contribution in [3.8, 4) is 0 Å². The van der Waals surface area contributed by atoms with E-state index in [-0.39, 0.29) is 35.0 Å². The Morgan fingerprint density at radius 2 is 1.66 bits per heavy atom. The molecule has 0 atom stereocenters. The van der Waals surface area contributed by atoms with Crippen LogP contribution in [0.4, 0.5) is 17.1 Å². The molecule has 1 N–H and O–H groups in total. The molecule has 0 aliphatic rings. The molecule has 0 aromatic heterocycles. The van der Waals surface area contributed by atoms with Crippen LogP contribution in [0.3, 0.4) is 0 Å². The minimum absolute atomic E-state index is 0.0455. The number of hydrazone groups is 1. The summed E-state index contributed by atoms with van der Waals surface area (Å²) >= 11 is 0. The second-order valence-electron chi connectivity index (χ2n) is 5.75. The van der Waals surface area contributed by atoms with Crippen molar-refractivity contribution < 1.29 is 18.3 Å². The zero-order valence-electron chi connectivity index (χ0n) is 15.7. The molecule has 2 rings (SSSR count). The van der Waals surface area contributed by atoms with Gasteiger partial charge in [0.15, 0.2) is 0 Å². The lowest BCUT2D eigenvalue weighted by molar-refractivity contribution is -0.385. The van der Waals surface area contributed by atoms with E-state index < -0.39 is 19.9 Å². The number of sulfonamides is 1. The number of nitro groups is 2. The van der Waals surface area contributed by atoms with Crippen molar-refractivity contribution in [2.24, 2.45) is 5.10 Å². The highest BCUT2D eigenvalue weighted by molar-refractivity contribution is 7.89. The van der Waals surface area contributed by atoms with E-state index in [1.165, 1.54) is 34.8 Å². The molecule has 0 amide bonds. The van der Waals surface area contributed by atoms with Crippen LogP contribution in [0.1, 0.15) is 19.4 Å². The molecule has 0 saturated carbocycles. The van der Waals surface area contributed by atoms with Gasteiger partial charge < -0.3 is 0 Å². The lowest BCUT2D eigenvalue weighted by atomic mass is 10.2. The third kappa shape index (κ3) is 5.12. The third-order valence-corrected chi connectivity index (χ3v) is 6.07. The van der Waals surface area contributed by atoms with Crippen LogP contribution in [0.25, 0.3) is 0 Å². The van der Waals surface area contributed by atoms with Gasteiger partial charge in [0.25, 0.3) is 11.4 Å². The van der Waals surface area contributed by atoms with Gasteiger partial charge in [-0.05, 0) is 6.07 Å². The largest absolute Gasteiger partial charge is 0.277 e. The molecule has 0 spiro atoms. The number of nitro benzene ring substituents is 2. The van der Waals surface area contributed by atoms with Crippen LogP contribution in [0.2, 0.25) is 0 Å². The number of nitrogens with zero attached hydrogens (tertiary/aromatic N) is 4. The van der Waals surface area contributed by atoms with Crippen LogP contribution < -0.4 is 5.43 Å². The van der Waals surface area contributed by atoms with Crippen LogP contribution in [-0.2, 0) is 10.0 Å². The van der Waals surface area contributed by atoms with Gasteiger partial charge in [0.1, 0.15) is 4.90 Å². The minimum atomic E-state index is -4.00. The predicted octanol–water partition coefficient (Wildman–Crippen LogP) is 2.98. The summed E-state index contributed by atoms with van der Waals surface area (Å²) in [6, 6.07) is 9.08. The fraction of sp³-hybridized carbons (Fsp3) is 0.235. The highest BCUT2D eigenvalue weighted by atomic mass is 32.2. The topological polar surface area (TPSA) is 148 Å². The maximum Gasteiger partial charge on any atom is 0.270 e. The van der Waals surface area contributed by atoms with Gasteiger partial charge in [-0.1, -0.05) is 26.0 Å². The van der Waals surface area contributed by atoms with Gasteiger partial charge >= 0.3 is 0 Å². The van der Waals surface area contributed by atoms with E-state index in [0.29, 0.717) is 5.56 Å². The Bertz CT molecular complexity index is 1050. The van der Waals surface area contributed by atoms with Crippen molar-refractivity contribution in [3.63, 3.8) is 0 Å². The molecular formula is C17H19N5O6S. The molecule has 0 heterocycles. The first-order valence-corrected chi connectivity index (χ1v) is 9.96. The van der Waals surface area contributed by atoms with Crippen LogP contribution in [0.5, 0.6) is 0 Å². The molecule has 12 heteroatoms. The molecule has 0 aliphatic carbocycles. The van der Waals surface area contributed by atoms with Crippen LogP contribution >= 0.6 is 0 Å². The number of hydrogen-bond donors (Lipinski definition) is 1. The molecule has 0 aliphatic heterocycles. The van der Waals surface area contributed by atoms with Gasteiger partial charge in [0.2, 0.25) is 10.0 Å². The van der Waals surface area contributed by atoms with Crippen molar-refractivity contribution in [1.29, 1.82) is 0 Å². The average molecular weight is 421 g/mol. The van der Waals surface area contributed by atoms with Crippen LogP contribution in [-0.4, -0.2) is 41.9 Å². The molecule has 154 valence electrons. The van der Waals surface area contributed by atoms with Gasteiger partial charge in [-0.2, -0.15) is 9.41 Å². The molecule has 0 saturated heterocycles. The Hall–Kier alpha value is -3.38. The predicted molar refractivity (Wildman–Crippen MR) is 108 cm³/mol. The Labute approximate surface area is 167 Å². The van der Waals surface area contributed by atoms with Crippen molar-refractivity contribution in [2.75, 3.05) is 18.5 Å². The number of non-ortho nitro benzene ring substituents is 2. The van der Waals surface area contributed by atoms with Crippen molar-refractivity contribution in [3.05, 3.63) is 68.3 Å². The van der Waals surface area contributed by atoms with E-state index in [9.17, 15) is 28.6 Å². The maximum absolute atomic E-state index is 12.9. The molecular weight excluding hydrogens is 402 g/mol. The minimum Gasteiger partial charge on any atom is -0.277 e.